The predicted octanol–water partition coefficient (Wildman–Crippen LogP) is 3.56. The van der Waals surface area contributed by atoms with Crippen molar-refractivity contribution in [1.29, 1.82) is 5.41 Å². The monoisotopic (exact) mass is 399 g/mol. The zero-order valence-electron chi connectivity index (χ0n) is 16.5. The fourth-order valence-electron chi connectivity index (χ4n) is 4.20. The summed E-state index contributed by atoms with van der Waals surface area (Å²) >= 11 is 0. The Labute approximate surface area is 174 Å². The summed E-state index contributed by atoms with van der Waals surface area (Å²) in [6.45, 7) is 3.77. The van der Waals surface area contributed by atoms with Crippen LogP contribution in [-0.2, 0) is 0 Å². The number of nitrogens with one attached hydrogen (secondary N) is 2. The molecule has 5 rings (SSSR count). The summed E-state index contributed by atoms with van der Waals surface area (Å²) in [7, 11) is 0. The third-order valence-corrected chi connectivity index (χ3v) is 5.74. The Morgan fingerprint density at radius 2 is 2.13 bits per heavy atom. The molecule has 0 radical (unpaired) electrons. The topological polar surface area (TPSA) is 98.1 Å². The van der Waals surface area contributed by atoms with Crippen LogP contribution >= 0.6 is 0 Å². The van der Waals surface area contributed by atoms with Crippen LogP contribution in [0.1, 0.15) is 19.0 Å². The fourth-order valence-corrected chi connectivity index (χ4v) is 4.20. The lowest BCUT2D eigenvalue weighted by Gasteiger charge is -2.42. The van der Waals surface area contributed by atoms with Gasteiger partial charge in [-0.1, -0.05) is 0 Å². The molecule has 0 saturated carbocycles. The molecule has 0 unspecified atom stereocenters. The molecular formula is C22H21N7O. The van der Waals surface area contributed by atoms with E-state index in [4.69, 9.17) is 10.4 Å². The smallest absolute Gasteiger partial charge is 0.328 e. The lowest BCUT2D eigenvalue weighted by molar-refractivity contribution is 0.250. The van der Waals surface area contributed by atoms with Crippen LogP contribution < -0.4 is 15.1 Å². The number of rotatable bonds is 3. The fraction of sp³-hybridized carbons (Fsp3) is 0.227. The molecule has 3 aromatic heterocycles. The maximum Gasteiger partial charge on any atom is 0.328 e. The van der Waals surface area contributed by atoms with E-state index in [1.165, 1.54) is 6.21 Å². The molecule has 1 atom stereocenters. The summed E-state index contributed by atoms with van der Waals surface area (Å²) in [6, 6.07) is 11.1. The average molecular weight is 399 g/mol. The van der Waals surface area contributed by atoms with Gasteiger partial charge in [-0.15, -0.1) is 0 Å². The van der Waals surface area contributed by atoms with E-state index in [1.54, 1.807) is 35.6 Å². The number of anilines is 3. The van der Waals surface area contributed by atoms with Gasteiger partial charge in [0.05, 0.1) is 34.5 Å². The first-order chi connectivity index (χ1) is 14.6. The molecule has 0 aromatic carbocycles. The van der Waals surface area contributed by atoms with Gasteiger partial charge < -0.3 is 15.6 Å². The highest BCUT2D eigenvalue weighted by atomic mass is 16.2. The second kappa shape index (κ2) is 6.91. The lowest BCUT2D eigenvalue weighted by atomic mass is 9.97. The van der Waals surface area contributed by atoms with Gasteiger partial charge in [0.2, 0.25) is 0 Å². The summed E-state index contributed by atoms with van der Waals surface area (Å²) < 4.78 is 0. The van der Waals surface area contributed by atoms with Gasteiger partial charge in [0.15, 0.2) is 5.82 Å². The Hall–Kier alpha value is -3.81. The zero-order valence-corrected chi connectivity index (χ0v) is 16.5. The Morgan fingerprint density at radius 3 is 2.87 bits per heavy atom. The van der Waals surface area contributed by atoms with Crippen LogP contribution in [0.2, 0.25) is 0 Å². The van der Waals surface area contributed by atoms with E-state index < -0.39 is 0 Å². The molecule has 8 heteroatoms. The molecule has 3 aromatic rings. The molecule has 2 aliphatic rings. The Bertz CT molecular complexity index is 1120. The van der Waals surface area contributed by atoms with E-state index in [0.717, 1.165) is 36.5 Å². The summed E-state index contributed by atoms with van der Waals surface area (Å²) in [6.07, 6.45) is 7.09. The van der Waals surface area contributed by atoms with E-state index in [-0.39, 0.29) is 11.6 Å². The van der Waals surface area contributed by atoms with Crippen LogP contribution in [0.3, 0.4) is 0 Å². The Balaban J connectivity index is 1.56. The van der Waals surface area contributed by atoms with Gasteiger partial charge >= 0.3 is 6.03 Å². The van der Waals surface area contributed by atoms with Crippen molar-refractivity contribution in [2.45, 2.75) is 18.9 Å². The predicted molar refractivity (Wildman–Crippen MR) is 116 cm³/mol. The minimum Gasteiger partial charge on any atom is -0.366 e. The van der Waals surface area contributed by atoms with Gasteiger partial charge in [0.25, 0.3) is 0 Å². The van der Waals surface area contributed by atoms with Crippen molar-refractivity contribution >= 4 is 29.4 Å². The number of hydrogen-bond donors (Lipinski definition) is 2. The van der Waals surface area contributed by atoms with Gasteiger partial charge in [-0.3, -0.25) is 14.9 Å². The van der Waals surface area contributed by atoms with E-state index in [9.17, 15) is 4.79 Å². The Kier molecular flexibility index (Phi) is 4.20. The molecule has 0 spiro atoms. The maximum atomic E-state index is 13.3. The lowest BCUT2D eigenvalue weighted by Crippen LogP contribution is -2.56. The standard InChI is InChI=1S/C22H21N7O/c1-22-8-10-28(14-22)19-7-6-18(15-4-5-16(11-23)25-12-15)27-20(19)29(22)21(30)26-17-3-2-9-24-13-17/h2-7,9,11-13,23H,8,10,14H2,1H3,(H,26,30)/t22-/m0/s1. The van der Waals surface area contributed by atoms with Crippen molar-refractivity contribution in [3.8, 4) is 11.3 Å². The first kappa shape index (κ1) is 18.2. The van der Waals surface area contributed by atoms with Gasteiger partial charge in [-0.2, -0.15) is 0 Å². The van der Waals surface area contributed by atoms with Crippen LogP contribution in [-0.4, -0.2) is 45.8 Å². The van der Waals surface area contributed by atoms with Crippen LogP contribution in [0.5, 0.6) is 0 Å². The van der Waals surface area contributed by atoms with E-state index in [1.807, 2.05) is 24.3 Å². The molecule has 0 aliphatic carbocycles. The number of urea groups is 1. The highest BCUT2D eigenvalue weighted by Crippen LogP contribution is 2.45. The number of pyridine rings is 3. The molecule has 150 valence electrons. The second-order valence-corrected chi connectivity index (χ2v) is 7.83. The summed E-state index contributed by atoms with van der Waals surface area (Å²) in [5.41, 5.74) is 3.44. The van der Waals surface area contributed by atoms with Gasteiger partial charge in [0, 0.05) is 37.3 Å². The normalized spacial score (nSPS) is 19.4. The summed E-state index contributed by atoms with van der Waals surface area (Å²) in [5.74, 6) is 0.649. The molecule has 30 heavy (non-hydrogen) atoms. The largest absolute Gasteiger partial charge is 0.366 e. The Morgan fingerprint density at radius 1 is 1.23 bits per heavy atom. The minimum absolute atomic E-state index is 0.213. The van der Waals surface area contributed by atoms with Crippen LogP contribution in [0, 0.1) is 5.41 Å². The molecular weight excluding hydrogens is 378 g/mol. The average Bonchev–Trinajstić information content (AvgIpc) is 3.11. The van der Waals surface area contributed by atoms with Crippen molar-refractivity contribution < 1.29 is 4.79 Å². The van der Waals surface area contributed by atoms with Crippen LogP contribution in [0.4, 0.5) is 22.0 Å². The van der Waals surface area contributed by atoms with Crippen molar-refractivity contribution in [2.75, 3.05) is 28.2 Å². The molecule has 1 saturated heterocycles. The molecule has 5 heterocycles. The third kappa shape index (κ3) is 2.97. The number of carbonyl (C=O) groups excluding carboxylic acids is 1. The molecule has 2 amide bonds. The van der Waals surface area contributed by atoms with Gasteiger partial charge in [0.1, 0.15) is 0 Å². The zero-order chi connectivity index (χ0) is 20.7. The van der Waals surface area contributed by atoms with E-state index in [2.05, 4.69) is 27.1 Å². The summed E-state index contributed by atoms with van der Waals surface area (Å²) in [4.78, 5) is 30.6. The SMILES string of the molecule is C[C@]12CCN(C1)c1ccc(-c3ccc(C=N)nc3)nc1N2C(=O)Nc1cccnc1. The van der Waals surface area contributed by atoms with Gasteiger partial charge in [-0.25, -0.2) is 9.78 Å². The number of fused-ring (bicyclic) bond motifs is 4. The number of carbonyl (C=O) groups is 1. The molecule has 1 fully saturated rings. The number of hydrogen-bond acceptors (Lipinski definition) is 6. The number of aromatic nitrogens is 3. The van der Waals surface area contributed by atoms with Crippen molar-refractivity contribution in [3.63, 3.8) is 0 Å². The van der Waals surface area contributed by atoms with E-state index in [0.29, 0.717) is 17.2 Å². The third-order valence-electron chi connectivity index (χ3n) is 5.74. The van der Waals surface area contributed by atoms with Crippen LogP contribution in [0.15, 0.2) is 55.0 Å². The maximum absolute atomic E-state index is 13.3. The highest BCUT2D eigenvalue weighted by molar-refractivity contribution is 6.05. The van der Waals surface area contributed by atoms with E-state index >= 15 is 0 Å². The number of amides is 2. The molecule has 8 nitrogen and oxygen atoms in total. The van der Waals surface area contributed by atoms with Crippen LogP contribution in [0.25, 0.3) is 11.3 Å². The second-order valence-electron chi connectivity index (χ2n) is 7.83. The molecule has 2 aliphatic heterocycles. The highest BCUT2D eigenvalue weighted by Gasteiger charge is 2.48. The first-order valence-corrected chi connectivity index (χ1v) is 9.81. The van der Waals surface area contributed by atoms with Gasteiger partial charge in [-0.05, 0) is 49.7 Å². The van der Waals surface area contributed by atoms with Crippen molar-refractivity contribution in [3.05, 3.63) is 60.7 Å². The summed E-state index contributed by atoms with van der Waals surface area (Å²) in [5, 5.41) is 10.3. The minimum atomic E-state index is -0.340. The quantitative estimate of drug-likeness (QED) is 0.656. The molecule has 2 bridgehead atoms. The molecule has 2 N–H and O–H groups in total. The number of nitrogens with zero attached hydrogens (tertiary/aromatic N) is 5. The first-order valence-electron chi connectivity index (χ1n) is 9.81. The van der Waals surface area contributed by atoms with Crippen molar-refractivity contribution in [2.24, 2.45) is 0 Å². The van der Waals surface area contributed by atoms with Crippen molar-refractivity contribution in [1.82, 2.24) is 15.0 Å².